The first-order chi connectivity index (χ1) is 9.20. The minimum Gasteiger partial charge on any atom is -0.310 e. The molecule has 0 N–H and O–H groups in total. The molecule has 0 aliphatic heterocycles. The maximum absolute atomic E-state index is 12.3. The largest absolute Gasteiger partial charge is 0.310 e. The van der Waals surface area contributed by atoms with Gasteiger partial charge in [0.1, 0.15) is 0 Å². The standard InChI is InChI=1S/C16H12BrNO/c1-18-13-10-6-5-9-12(13)14(15(17)16(18)19)11-7-3-2-4-8-11/h2-10H,1H3. The Morgan fingerprint density at radius 3 is 2.32 bits per heavy atom. The van der Waals surface area contributed by atoms with Crippen LogP contribution in [0.4, 0.5) is 0 Å². The lowest BCUT2D eigenvalue weighted by Crippen LogP contribution is -2.18. The molecule has 0 bridgehead atoms. The van der Waals surface area contributed by atoms with E-state index in [0.29, 0.717) is 4.47 Å². The van der Waals surface area contributed by atoms with Crippen LogP contribution in [-0.2, 0) is 7.05 Å². The SMILES string of the molecule is Cn1c(=O)c(Br)c(-c2ccccc2)c2ccccc21. The summed E-state index contributed by atoms with van der Waals surface area (Å²) in [6.07, 6.45) is 0. The Bertz CT molecular complexity index is 806. The molecule has 1 aromatic heterocycles. The van der Waals surface area contributed by atoms with Gasteiger partial charge in [0.2, 0.25) is 0 Å². The van der Waals surface area contributed by atoms with Gasteiger partial charge in [0, 0.05) is 18.0 Å². The Morgan fingerprint density at radius 1 is 0.947 bits per heavy atom. The number of benzene rings is 2. The summed E-state index contributed by atoms with van der Waals surface area (Å²) in [7, 11) is 1.80. The normalized spacial score (nSPS) is 10.8. The number of halogens is 1. The second-order valence-corrected chi connectivity index (χ2v) is 5.23. The van der Waals surface area contributed by atoms with Crippen LogP contribution in [-0.4, -0.2) is 4.57 Å². The first-order valence-corrected chi connectivity index (χ1v) is 6.82. The van der Waals surface area contributed by atoms with Gasteiger partial charge < -0.3 is 4.57 Å². The van der Waals surface area contributed by atoms with Crippen molar-refractivity contribution in [1.29, 1.82) is 0 Å². The fraction of sp³-hybridized carbons (Fsp3) is 0.0625. The number of fused-ring (bicyclic) bond motifs is 1. The van der Waals surface area contributed by atoms with Gasteiger partial charge in [-0.3, -0.25) is 4.79 Å². The van der Waals surface area contributed by atoms with Crippen molar-refractivity contribution in [2.45, 2.75) is 0 Å². The van der Waals surface area contributed by atoms with Gasteiger partial charge in [-0.05, 0) is 27.6 Å². The van der Waals surface area contributed by atoms with Crippen molar-refractivity contribution in [3.05, 3.63) is 69.4 Å². The van der Waals surface area contributed by atoms with E-state index in [0.717, 1.165) is 22.0 Å². The van der Waals surface area contributed by atoms with Gasteiger partial charge >= 0.3 is 0 Å². The highest BCUT2D eigenvalue weighted by molar-refractivity contribution is 9.10. The molecule has 19 heavy (non-hydrogen) atoms. The molecular formula is C16H12BrNO. The Balaban J connectivity index is 2.52. The molecule has 0 spiro atoms. The molecular weight excluding hydrogens is 302 g/mol. The average molecular weight is 314 g/mol. The van der Waals surface area contributed by atoms with E-state index in [1.807, 2.05) is 54.6 Å². The van der Waals surface area contributed by atoms with Gasteiger partial charge in [-0.2, -0.15) is 0 Å². The lowest BCUT2D eigenvalue weighted by atomic mass is 10.0. The molecule has 0 aliphatic carbocycles. The van der Waals surface area contributed by atoms with Gasteiger partial charge in [-0.1, -0.05) is 48.5 Å². The van der Waals surface area contributed by atoms with E-state index in [9.17, 15) is 4.79 Å². The van der Waals surface area contributed by atoms with Crippen LogP contribution in [0.15, 0.2) is 63.9 Å². The molecule has 0 fully saturated rings. The van der Waals surface area contributed by atoms with Crippen LogP contribution in [0.3, 0.4) is 0 Å². The minimum atomic E-state index is -0.0162. The lowest BCUT2D eigenvalue weighted by Gasteiger charge is -2.12. The fourth-order valence-electron chi connectivity index (χ4n) is 2.35. The number of nitrogens with zero attached hydrogens (tertiary/aromatic N) is 1. The third-order valence-corrected chi connectivity index (χ3v) is 4.04. The molecule has 3 aromatic rings. The summed E-state index contributed by atoms with van der Waals surface area (Å²) >= 11 is 3.46. The number of rotatable bonds is 1. The van der Waals surface area contributed by atoms with Crippen molar-refractivity contribution in [2.75, 3.05) is 0 Å². The molecule has 1 heterocycles. The third kappa shape index (κ3) is 1.90. The van der Waals surface area contributed by atoms with Gasteiger partial charge in [-0.15, -0.1) is 0 Å². The van der Waals surface area contributed by atoms with E-state index < -0.39 is 0 Å². The van der Waals surface area contributed by atoms with Crippen LogP contribution in [0.5, 0.6) is 0 Å². The van der Waals surface area contributed by atoms with Crippen molar-refractivity contribution < 1.29 is 0 Å². The highest BCUT2D eigenvalue weighted by Gasteiger charge is 2.13. The third-order valence-electron chi connectivity index (χ3n) is 3.31. The minimum absolute atomic E-state index is 0.0162. The highest BCUT2D eigenvalue weighted by Crippen LogP contribution is 2.32. The van der Waals surface area contributed by atoms with Crippen LogP contribution in [0.1, 0.15) is 0 Å². The molecule has 0 amide bonds. The fourth-order valence-corrected chi connectivity index (χ4v) is 3.05. The molecule has 0 atom stereocenters. The summed E-state index contributed by atoms with van der Waals surface area (Å²) in [5.74, 6) is 0. The van der Waals surface area contributed by atoms with E-state index in [4.69, 9.17) is 0 Å². The Labute approximate surface area is 119 Å². The number of hydrogen-bond donors (Lipinski definition) is 0. The van der Waals surface area contributed by atoms with Crippen LogP contribution in [0.2, 0.25) is 0 Å². The topological polar surface area (TPSA) is 22.0 Å². The van der Waals surface area contributed by atoms with Gasteiger partial charge in [-0.25, -0.2) is 0 Å². The first-order valence-electron chi connectivity index (χ1n) is 6.03. The summed E-state index contributed by atoms with van der Waals surface area (Å²) in [5.41, 5.74) is 2.93. The Hall–Kier alpha value is -1.87. The van der Waals surface area contributed by atoms with Crippen molar-refractivity contribution in [3.63, 3.8) is 0 Å². The molecule has 0 aliphatic rings. The zero-order valence-electron chi connectivity index (χ0n) is 10.4. The van der Waals surface area contributed by atoms with Gasteiger partial charge in [0.05, 0.1) is 9.99 Å². The van der Waals surface area contributed by atoms with Crippen molar-refractivity contribution in [1.82, 2.24) is 4.57 Å². The zero-order valence-corrected chi connectivity index (χ0v) is 12.0. The predicted octanol–water partition coefficient (Wildman–Crippen LogP) is 3.97. The summed E-state index contributed by atoms with van der Waals surface area (Å²) in [5, 5.41) is 1.07. The quantitative estimate of drug-likeness (QED) is 0.666. The molecule has 0 radical (unpaired) electrons. The smallest absolute Gasteiger partial charge is 0.265 e. The van der Waals surface area contributed by atoms with Crippen molar-refractivity contribution in [2.24, 2.45) is 7.05 Å². The molecule has 0 saturated carbocycles. The molecule has 0 unspecified atom stereocenters. The maximum atomic E-state index is 12.3. The first kappa shape index (κ1) is 12.2. The van der Waals surface area contributed by atoms with Crippen molar-refractivity contribution >= 4 is 26.8 Å². The van der Waals surface area contributed by atoms with Crippen LogP contribution >= 0.6 is 15.9 Å². The number of aromatic nitrogens is 1. The number of hydrogen-bond acceptors (Lipinski definition) is 1. The highest BCUT2D eigenvalue weighted by atomic mass is 79.9. The molecule has 3 rings (SSSR count). The van der Waals surface area contributed by atoms with Crippen molar-refractivity contribution in [3.8, 4) is 11.1 Å². The average Bonchev–Trinajstić information content (AvgIpc) is 2.46. The van der Waals surface area contributed by atoms with E-state index in [1.54, 1.807) is 11.6 Å². The zero-order chi connectivity index (χ0) is 13.4. The number of para-hydroxylation sites is 1. The molecule has 2 aromatic carbocycles. The number of aryl methyl sites for hydroxylation is 1. The van der Waals surface area contributed by atoms with Crippen LogP contribution < -0.4 is 5.56 Å². The monoisotopic (exact) mass is 313 g/mol. The Morgan fingerprint density at radius 2 is 1.58 bits per heavy atom. The second kappa shape index (κ2) is 4.67. The van der Waals surface area contributed by atoms with E-state index in [2.05, 4.69) is 15.9 Å². The van der Waals surface area contributed by atoms with E-state index in [-0.39, 0.29) is 5.56 Å². The Kier molecular flexibility index (Phi) is 2.99. The van der Waals surface area contributed by atoms with Crippen LogP contribution in [0, 0.1) is 0 Å². The lowest BCUT2D eigenvalue weighted by molar-refractivity contribution is 0.900. The maximum Gasteiger partial charge on any atom is 0.265 e. The van der Waals surface area contributed by atoms with Crippen LogP contribution in [0.25, 0.3) is 22.0 Å². The summed E-state index contributed by atoms with van der Waals surface area (Å²) in [4.78, 5) is 12.3. The predicted molar refractivity (Wildman–Crippen MR) is 82.3 cm³/mol. The van der Waals surface area contributed by atoms with Gasteiger partial charge in [0.25, 0.3) is 5.56 Å². The molecule has 0 saturated heterocycles. The summed E-state index contributed by atoms with van der Waals surface area (Å²) < 4.78 is 2.28. The molecule has 2 nitrogen and oxygen atoms in total. The van der Waals surface area contributed by atoms with Gasteiger partial charge in [0.15, 0.2) is 0 Å². The second-order valence-electron chi connectivity index (χ2n) is 4.44. The summed E-state index contributed by atoms with van der Waals surface area (Å²) in [6, 6.07) is 17.9. The van der Waals surface area contributed by atoms with E-state index in [1.165, 1.54) is 0 Å². The molecule has 94 valence electrons. The number of pyridine rings is 1. The van der Waals surface area contributed by atoms with E-state index >= 15 is 0 Å². The summed E-state index contributed by atoms with van der Waals surface area (Å²) in [6.45, 7) is 0. The molecule has 3 heteroatoms.